The van der Waals surface area contributed by atoms with Crippen LogP contribution >= 0.6 is 0 Å². The summed E-state index contributed by atoms with van der Waals surface area (Å²) in [6.07, 6.45) is -0.189. The number of hydrogen-bond acceptors (Lipinski definition) is 4. The molecule has 0 heterocycles. The van der Waals surface area contributed by atoms with E-state index in [1.165, 1.54) is 0 Å². The van der Waals surface area contributed by atoms with Gasteiger partial charge in [0.15, 0.2) is 0 Å². The largest absolute Gasteiger partial charge is 0.480 e. The first-order valence-electron chi connectivity index (χ1n) is 5.49. The molecule has 0 spiro atoms. The van der Waals surface area contributed by atoms with Gasteiger partial charge in [-0.25, -0.2) is 0 Å². The number of benzene rings is 1. The molecule has 1 aromatic carbocycles. The monoisotopic (exact) mass is 238 g/mol. The summed E-state index contributed by atoms with van der Waals surface area (Å²) in [7, 11) is 0. The Labute approximate surface area is 100 Å². The van der Waals surface area contributed by atoms with Crippen LogP contribution in [0.5, 0.6) is 0 Å². The van der Waals surface area contributed by atoms with E-state index in [1.807, 2.05) is 30.3 Å². The highest BCUT2D eigenvalue weighted by Crippen LogP contribution is 2.04. The summed E-state index contributed by atoms with van der Waals surface area (Å²) in [5.41, 5.74) is 6.88. The van der Waals surface area contributed by atoms with Crippen molar-refractivity contribution >= 4 is 5.97 Å². The van der Waals surface area contributed by atoms with Crippen LogP contribution in [0.15, 0.2) is 30.3 Å². The van der Waals surface area contributed by atoms with Crippen molar-refractivity contribution in [2.75, 3.05) is 13.1 Å². The van der Waals surface area contributed by atoms with E-state index in [2.05, 4.69) is 5.32 Å². The number of nitrogens with two attached hydrogens (primary N) is 1. The highest BCUT2D eigenvalue weighted by atomic mass is 16.4. The molecule has 2 unspecified atom stereocenters. The Bertz CT molecular complexity index is 343. The SMILES string of the molecule is NC(Cc1ccccc1)C(O)CNCC(=O)O. The summed E-state index contributed by atoms with van der Waals surface area (Å²) < 4.78 is 0. The molecular formula is C12H18N2O3. The number of aliphatic carboxylic acids is 1. The molecule has 0 amide bonds. The van der Waals surface area contributed by atoms with Crippen molar-refractivity contribution in [1.29, 1.82) is 0 Å². The molecule has 1 aromatic rings. The zero-order valence-electron chi connectivity index (χ0n) is 9.54. The molecule has 0 aliphatic heterocycles. The van der Waals surface area contributed by atoms with E-state index in [0.717, 1.165) is 5.56 Å². The molecule has 0 fully saturated rings. The molecule has 1 rings (SSSR count). The third-order valence-corrected chi connectivity index (χ3v) is 2.44. The third-order valence-electron chi connectivity index (χ3n) is 2.44. The lowest BCUT2D eigenvalue weighted by atomic mass is 10.0. The second-order valence-corrected chi connectivity index (χ2v) is 3.95. The first kappa shape index (κ1) is 13.6. The number of aliphatic hydroxyl groups is 1. The highest BCUT2D eigenvalue weighted by molar-refractivity contribution is 5.68. The maximum atomic E-state index is 10.3. The van der Waals surface area contributed by atoms with Gasteiger partial charge >= 0.3 is 5.97 Å². The predicted octanol–water partition coefficient (Wildman–Crippen LogP) is -0.408. The van der Waals surface area contributed by atoms with Crippen molar-refractivity contribution in [3.05, 3.63) is 35.9 Å². The minimum absolute atomic E-state index is 0.172. The minimum atomic E-state index is -0.950. The Morgan fingerprint density at radius 2 is 2.00 bits per heavy atom. The molecule has 2 atom stereocenters. The Kier molecular flexibility index (Phi) is 5.62. The Balaban J connectivity index is 2.31. The average molecular weight is 238 g/mol. The molecule has 0 aliphatic carbocycles. The summed E-state index contributed by atoms with van der Waals surface area (Å²) in [4.78, 5) is 10.3. The molecule has 5 heteroatoms. The smallest absolute Gasteiger partial charge is 0.317 e. The van der Waals surface area contributed by atoms with Crippen molar-refractivity contribution in [2.24, 2.45) is 5.73 Å². The van der Waals surface area contributed by atoms with E-state index >= 15 is 0 Å². The van der Waals surface area contributed by atoms with Gasteiger partial charge in [-0.2, -0.15) is 0 Å². The average Bonchev–Trinajstić information content (AvgIpc) is 2.29. The van der Waals surface area contributed by atoms with Gasteiger partial charge in [-0.1, -0.05) is 30.3 Å². The van der Waals surface area contributed by atoms with Gasteiger partial charge in [0.2, 0.25) is 0 Å². The van der Waals surface area contributed by atoms with Gasteiger partial charge in [0.1, 0.15) is 0 Å². The van der Waals surface area contributed by atoms with Crippen LogP contribution in [0.2, 0.25) is 0 Å². The lowest BCUT2D eigenvalue weighted by molar-refractivity contribution is -0.136. The molecule has 5 N–H and O–H groups in total. The van der Waals surface area contributed by atoms with Gasteiger partial charge in [-0.05, 0) is 12.0 Å². The minimum Gasteiger partial charge on any atom is -0.480 e. The standard InChI is InChI=1S/C12H18N2O3/c13-10(6-9-4-2-1-3-5-9)11(15)7-14-8-12(16)17/h1-5,10-11,14-15H,6-8,13H2,(H,16,17). The van der Waals surface area contributed by atoms with Crippen LogP contribution in [0.3, 0.4) is 0 Å². The predicted molar refractivity (Wildman–Crippen MR) is 64.6 cm³/mol. The van der Waals surface area contributed by atoms with Crippen LogP contribution < -0.4 is 11.1 Å². The van der Waals surface area contributed by atoms with E-state index in [1.54, 1.807) is 0 Å². The maximum Gasteiger partial charge on any atom is 0.317 e. The van der Waals surface area contributed by atoms with Crippen molar-refractivity contribution < 1.29 is 15.0 Å². The molecule has 5 nitrogen and oxygen atoms in total. The Morgan fingerprint density at radius 3 is 2.59 bits per heavy atom. The van der Waals surface area contributed by atoms with Crippen molar-refractivity contribution in [3.63, 3.8) is 0 Å². The highest BCUT2D eigenvalue weighted by Gasteiger charge is 2.15. The molecule has 94 valence electrons. The third kappa shape index (κ3) is 5.44. The number of hydrogen-bond donors (Lipinski definition) is 4. The molecule has 0 saturated heterocycles. The number of nitrogens with one attached hydrogen (secondary N) is 1. The fourth-order valence-electron chi connectivity index (χ4n) is 1.50. The van der Waals surface area contributed by atoms with Gasteiger partial charge in [0.25, 0.3) is 0 Å². The fraction of sp³-hybridized carbons (Fsp3) is 0.417. The summed E-state index contributed by atoms with van der Waals surface area (Å²) >= 11 is 0. The number of carboxylic acids is 1. The van der Waals surface area contributed by atoms with Gasteiger partial charge < -0.3 is 21.3 Å². The Morgan fingerprint density at radius 1 is 1.35 bits per heavy atom. The maximum absolute atomic E-state index is 10.3. The number of rotatable bonds is 7. The number of carboxylic acid groups (broad SMARTS) is 1. The van der Waals surface area contributed by atoms with E-state index in [4.69, 9.17) is 10.8 Å². The summed E-state index contributed by atoms with van der Waals surface area (Å²) in [6.45, 7) is 0.00934. The summed E-state index contributed by atoms with van der Waals surface area (Å²) in [5, 5.41) is 20.8. The molecule has 0 radical (unpaired) electrons. The first-order chi connectivity index (χ1) is 8.09. The second kappa shape index (κ2) is 7.01. The quantitative estimate of drug-likeness (QED) is 0.518. The first-order valence-corrected chi connectivity index (χ1v) is 5.49. The van der Waals surface area contributed by atoms with E-state index < -0.39 is 18.1 Å². The molecule has 0 bridgehead atoms. The number of carbonyl (C=O) groups is 1. The molecule has 17 heavy (non-hydrogen) atoms. The second-order valence-electron chi connectivity index (χ2n) is 3.95. The zero-order chi connectivity index (χ0) is 12.7. The van der Waals surface area contributed by atoms with E-state index in [-0.39, 0.29) is 13.1 Å². The van der Waals surface area contributed by atoms with E-state index in [9.17, 15) is 9.90 Å². The number of aliphatic hydroxyl groups excluding tert-OH is 1. The molecule has 0 saturated carbocycles. The van der Waals surface area contributed by atoms with Gasteiger partial charge in [-0.3, -0.25) is 4.79 Å². The van der Waals surface area contributed by atoms with Crippen LogP contribution in [0.25, 0.3) is 0 Å². The van der Waals surface area contributed by atoms with Crippen LogP contribution in [0.4, 0.5) is 0 Å². The van der Waals surface area contributed by atoms with Crippen molar-refractivity contribution in [3.8, 4) is 0 Å². The topological polar surface area (TPSA) is 95.6 Å². The molecule has 0 aromatic heterocycles. The molecular weight excluding hydrogens is 220 g/mol. The van der Waals surface area contributed by atoms with Crippen molar-refractivity contribution in [2.45, 2.75) is 18.6 Å². The van der Waals surface area contributed by atoms with Crippen LogP contribution in [0.1, 0.15) is 5.56 Å². The zero-order valence-corrected chi connectivity index (χ0v) is 9.54. The lowest BCUT2D eigenvalue weighted by Gasteiger charge is -2.19. The summed E-state index contributed by atoms with van der Waals surface area (Å²) in [6, 6.07) is 9.22. The van der Waals surface area contributed by atoms with Crippen LogP contribution in [0, 0.1) is 0 Å². The Hall–Kier alpha value is -1.43. The normalized spacial score (nSPS) is 14.2. The lowest BCUT2D eigenvalue weighted by Crippen LogP contribution is -2.44. The van der Waals surface area contributed by atoms with Gasteiger partial charge in [0.05, 0.1) is 12.6 Å². The summed E-state index contributed by atoms with van der Waals surface area (Å²) in [5.74, 6) is -0.950. The van der Waals surface area contributed by atoms with Crippen LogP contribution in [-0.4, -0.2) is 41.4 Å². The van der Waals surface area contributed by atoms with E-state index in [0.29, 0.717) is 6.42 Å². The fourth-order valence-corrected chi connectivity index (χ4v) is 1.50. The van der Waals surface area contributed by atoms with Crippen molar-refractivity contribution in [1.82, 2.24) is 5.32 Å². The van der Waals surface area contributed by atoms with Gasteiger partial charge in [-0.15, -0.1) is 0 Å². The molecule has 0 aliphatic rings. The van der Waals surface area contributed by atoms with Crippen LogP contribution in [-0.2, 0) is 11.2 Å². The van der Waals surface area contributed by atoms with Gasteiger partial charge in [0, 0.05) is 12.6 Å².